The van der Waals surface area contributed by atoms with E-state index in [0.29, 0.717) is 0 Å². The second-order valence-corrected chi connectivity index (χ2v) is 9.30. The van der Waals surface area contributed by atoms with Gasteiger partial charge in [0.25, 0.3) is 10.0 Å². The van der Waals surface area contributed by atoms with Crippen LogP contribution in [0.1, 0.15) is 29.7 Å². The van der Waals surface area contributed by atoms with E-state index in [9.17, 15) is 13.5 Å². The molecular weight excluding hydrogens is 394 g/mol. The monoisotopic (exact) mass is 421 g/mol. The average molecular weight is 422 g/mol. The van der Waals surface area contributed by atoms with E-state index < -0.39 is 16.1 Å². The molecule has 0 radical (unpaired) electrons. The molecule has 3 rings (SSSR count). The Morgan fingerprint density at radius 2 is 1.47 bits per heavy atom. The predicted molar refractivity (Wildman–Crippen MR) is 120 cm³/mol. The molecule has 0 aromatic heterocycles. The van der Waals surface area contributed by atoms with Crippen LogP contribution in [-0.4, -0.2) is 17.8 Å². The van der Waals surface area contributed by atoms with Gasteiger partial charge in [-0.1, -0.05) is 91.4 Å². The van der Waals surface area contributed by atoms with Crippen molar-refractivity contribution in [2.24, 2.45) is 5.92 Å². The van der Waals surface area contributed by atoms with E-state index in [0.717, 1.165) is 16.7 Å². The van der Waals surface area contributed by atoms with Gasteiger partial charge < -0.3 is 5.11 Å². The molecule has 3 aromatic carbocycles. The van der Waals surface area contributed by atoms with Crippen molar-refractivity contribution in [1.29, 1.82) is 0 Å². The van der Waals surface area contributed by atoms with E-state index in [4.69, 9.17) is 0 Å². The molecule has 0 saturated heterocycles. The maximum atomic E-state index is 13.3. The van der Waals surface area contributed by atoms with Crippen molar-refractivity contribution in [1.82, 2.24) is 4.31 Å². The summed E-state index contributed by atoms with van der Waals surface area (Å²) in [4.78, 5) is 0.241. The number of hydrogen-bond donors (Lipinski definition) is 1. The van der Waals surface area contributed by atoms with E-state index in [2.05, 4.69) is 0 Å². The highest BCUT2D eigenvalue weighted by Gasteiger charge is 2.22. The first-order chi connectivity index (χ1) is 14.4. The summed E-state index contributed by atoms with van der Waals surface area (Å²) < 4.78 is 28.0. The number of sulfonamides is 1. The van der Waals surface area contributed by atoms with Gasteiger partial charge in [-0.05, 0) is 30.2 Å². The molecule has 0 aliphatic carbocycles. The summed E-state index contributed by atoms with van der Waals surface area (Å²) in [5.74, 6) is -0.265. The Bertz CT molecular complexity index is 1060. The van der Waals surface area contributed by atoms with Crippen molar-refractivity contribution >= 4 is 10.0 Å². The van der Waals surface area contributed by atoms with Crippen LogP contribution in [0, 0.1) is 12.8 Å². The molecule has 0 saturated carbocycles. The van der Waals surface area contributed by atoms with E-state index in [1.807, 2.05) is 74.5 Å². The topological polar surface area (TPSA) is 57.6 Å². The van der Waals surface area contributed by atoms with Crippen LogP contribution in [-0.2, 0) is 16.6 Å². The van der Waals surface area contributed by atoms with Gasteiger partial charge in [0.2, 0.25) is 0 Å². The zero-order valence-corrected chi connectivity index (χ0v) is 18.0. The number of rotatable bonds is 8. The summed E-state index contributed by atoms with van der Waals surface area (Å²) in [6, 6.07) is 25.7. The third-order valence-electron chi connectivity index (χ3n) is 5.00. The van der Waals surface area contributed by atoms with Crippen molar-refractivity contribution in [2.45, 2.75) is 31.4 Å². The van der Waals surface area contributed by atoms with Gasteiger partial charge in [-0.15, -0.1) is 0 Å². The molecule has 3 aromatic rings. The fraction of sp³-hybridized carbons (Fsp3) is 0.200. The van der Waals surface area contributed by atoms with Gasteiger partial charge >= 0.3 is 0 Å². The second-order valence-electron chi connectivity index (χ2n) is 7.41. The van der Waals surface area contributed by atoms with Crippen LogP contribution in [0.4, 0.5) is 0 Å². The zero-order valence-electron chi connectivity index (χ0n) is 17.2. The molecular formula is C25H27NO3S. The summed E-state index contributed by atoms with van der Waals surface area (Å²) in [5, 5.41) is 10.6. The Balaban J connectivity index is 1.89. The predicted octanol–water partition coefficient (Wildman–Crippen LogP) is 5.07. The molecule has 0 aliphatic heterocycles. The SMILES string of the molecule is Cc1ccc(S(=O)(=O)N(/C=C\[C@H](C)[C@H](O)c2ccccc2)Cc2ccccc2)cc1. The average Bonchev–Trinajstić information content (AvgIpc) is 2.77. The molecule has 0 amide bonds. The fourth-order valence-electron chi connectivity index (χ4n) is 3.12. The van der Waals surface area contributed by atoms with Crippen LogP contribution >= 0.6 is 0 Å². The lowest BCUT2D eigenvalue weighted by Gasteiger charge is -2.22. The van der Waals surface area contributed by atoms with E-state index in [1.54, 1.807) is 36.5 Å². The number of hydrogen-bond acceptors (Lipinski definition) is 3. The number of aliphatic hydroxyl groups excluding tert-OH is 1. The first-order valence-corrected chi connectivity index (χ1v) is 11.4. The fourth-order valence-corrected chi connectivity index (χ4v) is 4.42. The van der Waals surface area contributed by atoms with Crippen molar-refractivity contribution in [2.75, 3.05) is 0 Å². The van der Waals surface area contributed by atoms with Crippen molar-refractivity contribution < 1.29 is 13.5 Å². The third kappa shape index (κ3) is 5.38. The Morgan fingerprint density at radius 3 is 2.07 bits per heavy atom. The Labute approximate surface area is 179 Å². The van der Waals surface area contributed by atoms with Crippen LogP contribution < -0.4 is 0 Å². The molecule has 0 unspecified atom stereocenters. The lowest BCUT2D eigenvalue weighted by atomic mass is 9.97. The Morgan fingerprint density at radius 1 is 0.900 bits per heavy atom. The summed E-state index contributed by atoms with van der Waals surface area (Å²) in [7, 11) is -3.74. The molecule has 30 heavy (non-hydrogen) atoms. The van der Waals surface area contributed by atoms with Gasteiger partial charge in [0.15, 0.2) is 0 Å². The number of benzene rings is 3. The zero-order chi connectivity index (χ0) is 21.6. The first kappa shape index (κ1) is 21.8. The number of aryl methyl sites for hydroxylation is 1. The summed E-state index contributed by atoms with van der Waals surface area (Å²) in [6.07, 6.45) is 2.59. The maximum Gasteiger partial charge on any atom is 0.264 e. The Kier molecular flexibility index (Phi) is 7.08. The van der Waals surface area contributed by atoms with Crippen LogP contribution in [0.15, 0.2) is 102 Å². The largest absolute Gasteiger partial charge is 0.388 e. The summed E-state index contributed by atoms with van der Waals surface area (Å²) in [5.41, 5.74) is 2.68. The molecule has 0 bridgehead atoms. The standard InChI is InChI=1S/C25H27NO3S/c1-20-13-15-24(16-14-20)30(28,29)26(19-22-9-5-3-6-10-22)18-17-21(2)25(27)23-11-7-4-8-12-23/h3-18,21,25,27H,19H2,1-2H3/b18-17-/t21-,25-/m0/s1. The van der Waals surface area contributed by atoms with Gasteiger partial charge in [0, 0.05) is 12.1 Å². The van der Waals surface area contributed by atoms with E-state index >= 15 is 0 Å². The highest BCUT2D eigenvalue weighted by Crippen LogP contribution is 2.25. The van der Waals surface area contributed by atoms with Gasteiger partial charge in [0.1, 0.15) is 0 Å². The van der Waals surface area contributed by atoms with Crippen molar-refractivity contribution in [3.8, 4) is 0 Å². The molecule has 2 atom stereocenters. The van der Waals surface area contributed by atoms with Gasteiger partial charge in [-0.3, -0.25) is 4.31 Å². The molecule has 4 nitrogen and oxygen atoms in total. The highest BCUT2D eigenvalue weighted by molar-refractivity contribution is 7.89. The van der Waals surface area contributed by atoms with E-state index in [1.165, 1.54) is 4.31 Å². The maximum absolute atomic E-state index is 13.3. The van der Waals surface area contributed by atoms with Crippen LogP contribution in [0.5, 0.6) is 0 Å². The minimum Gasteiger partial charge on any atom is -0.388 e. The molecule has 0 heterocycles. The Hall–Kier alpha value is -2.89. The van der Waals surface area contributed by atoms with Crippen molar-refractivity contribution in [3.05, 3.63) is 114 Å². The number of nitrogens with zero attached hydrogens (tertiary/aromatic N) is 1. The first-order valence-electron chi connectivity index (χ1n) is 9.91. The summed E-state index contributed by atoms with van der Waals surface area (Å²) in [6.45, 7) is 4.00. The van der Waals surface area contributed by atoms with Crippen LogP contribution in [0.2, 0.25) is 0 Å². The second kappa shape index (κ2) is 9.74. The molecule has 0 fully saturated rings. The highest BCUT2D eigenvalue weighted by atomic mass is 32.2. The minimum absolute atomic E-state index is 0.210. The van der Waals surface area contributed by atoms with Crippen LogP contribution in [0.25, 0.3) is 0 Å². The van der Waals surface area contributed by atoms with Gasteiger partial charge in [-0.25, -0.2) is 8.42 Å². The smallest absolute Gasteiger partial charge is 0.264 e. The lowest BCUT2D eigenvalue weighted by molar-refractivity contribution is 0.139. The molecule has 0 aliphatic rings. The molecule has 156 valence electrons. The normalized spacial score (nSPS) is 13.8. The van der Waals surface area contributed by atoms with Gasteiger partial charge in [-0.2, -0.15) is 0 Å². The summed E-state index contributed by atoms with van der Waals surface area (Å²) >= 11 is 0. The van der Waals surface area contributed by atoms with Crippen LogP contribution in [0.3, 0.4) is 0 Å². The van der Waals surface area contributed by atoms with Gasteiger partial charge in [0.05, 0.1) is 17.5 Å². The third-order valence-corrected chi connectivity index (χ3v) is 6.74. The number of aliphatic hydroxyl groups is 1. The van der Waals surface area contributed by atoms with E-state index in [-0.39, 0.29) is 17.4 Å². The minimum atomic E-state index is -3.74. The molecule has 0 spiro atoms. The lowest BCUT2D eigenvalue weighted by Crippen LogP contribution is -2.26. The molecule has 1 N–H and O–H groups in total. The van der Waals surface area contributed by atoms with Crippen molar-refractivity contribution in [3.63, 3.8) is 0 Å². The molecule has 5 heteroatoms. The quantitative estimate of drug-likeness (QED) is 0.552.